The third kappa shape index (κ3) is 3.20. The van der Waals surface area contributed by atoms with Gasteiger partial charge in [-0.05, 0) is 45.4 Å². The molecule has 1 rings (SSSR count). The molecule has 0 aromatic heterocycles. The van der Waals surface area contributed by atoms with Crippen LogP contribution >= 0.6 is 0 Å². The molecule has 0 spiro atoms. The summed E-state index contributed by atoms with van der Waals surface area (Å²) < 4.78 is 19.0. The minimum atomic E-state index is -0.283. The van der Waals surface area contributed by atoms with Gasteiger partial charge in [0.2, 0.25) is 0 Å². The summed E-state index contributed by atoms with van der Waals surface area (Å²) in [5, 5.41) is 0. The van der Waals surface area contributed by atoms with Crippen molar-refractivity contribution in [1.82, 2.24) is 0 Å². The Labute approximate surface area is 96.6 Å². The Morgan fingerprint density at radius 1 is 1.44 bits per heavy atom. The van der Waals surface area contributed by atoms with Gasteiger partial charge >= 0.3 is 0 Å². The van der Waals surface area contributed by atoms with Gasteiger partial charge in [0.05, 0.1) is 0 Å². The highest BCUT2D eigenvalue weighted by Gasteiger charge is 2.19. The van der Waals surface area contributed by atoms with E-state index in [-0.39, 0.29) is 17.5 Å². The maximum Gasteiger partial charge on any atom is 0.125 e. The molecular weight excluding hydrogens is 205 g/mol. The topological polar surface area (TPSA) is 35.2 Å². The minimum Gasteiger partial charge on any atom is -0.488 e. The molecule has 1 aromatic rings. The highest BCUT2D eigenvalue weighted by atomic mass is 19.1. The largest absolute Gasteiger partial charge is 0.488 e. The normalized spacial score (nSPS) is 13.6. The van der Waals surface area contributed by atoms with Crippen LogP contribution in [0.5, 0.6) is 5.75 Å². The number of benzene rings is 1. The molecule has 16 heavy (non-hydrogen) atoms. The van der Waals surface area contributed by atoms with Gasteiger partial charge in [-0.3, -0.25) is 0 Å². The van der Waals surface area contributed by atoms with Crippen molar-refractivity contribution in [2.75, 3.05) is 0 Å². The quantitative estimate of drug-likeness (QED) is 0.852. The molecule has 0 radical (unpaired) electrons. The predicted octanol–water partition coefficient (Wildman–Crippen LogP) is 3.41. The number of hydrogen-bond donors (Lipinski definition) is 1. The molecule has 0 heterocycles. The smallest absolute Gasteiger partial charge is 0.125 e. The zero-order valence-electron chi connectivity index (χ0n) is 10.4. The lowest BCUT2D eigenvalue weighted by Gasteiger charge is -2.27. The van der Waals surface area contributed by atoms with Crippen LogP contribution in [0.15, 0.2) is 18.2 Å². The average Bonchev–Trinajstić information content (AvgIpc) is 2.20. The van der Waals surface area contributed by atoms with E-state index in [9.17, 15) is 4.39 Å². The molecule has 1 aromatic carbocycles. The maximum absolute atomic E-state index is 13.1. The highest BCUT2D eigenvalue weighted by Crippen LogP contribution is 2.29. The average molecular weight is 225 g/mol. The predicted molar refractivity (Wildman–Crippen MR) is 64.0 cm³/mol. The molecule has 0 aliphatic carbocycles. The number of halogens is 1. The molecular formula is C13H20FNO. The van der Waals surface area contributed by atoms with E-state index in [0.29, 0.717) is 11.3 Å². The van der Waals surface area contributed by atoms with E-state index in [4.69, 9.17) is 10.5 Å². The van der Waals surface area contributed by atoms with Crippen LogP contribution < -0.4 is 10.5 Å². The lowest BCUT2D eigenvalue weighted by molar-refractivity contribution is 0.103. The second-order valence-electron chi connectivity index (χ2n) is 4.69. The third-order valence-electron chi connectivity index (χ3n) is 2.70. The molecule has 0 saturated carbocycles. The van der Waals surface area contributed by atoms with E-state index >= 15 is 0 Å². The lowest BCUT2D eigenvalue weighted by Crippen LogP contribution is -2.27. The van der Waals surface area contributed by atoms with E-state index < -0.39 is 0 Å². The van der Waals surface area contributed by atoms with Crippen molar-refractivity contribution in [3.8, 4) is 5.75 Å². The second-order valence-corrected chi connectivity index (χ2v) is 4.69. The van der Waals surface area contributed by atoms with Gasteiger partial charge in [0, 0.05) is 11.6 Å². The molecule has 0 saturated heterocycles. The summed E-state index contributed by atoms with van der Waals surface area (Å²) in [6.07, 6.45) is 0.878. The van der Waals surface area contributed by atoms with Crippen molar-refractivity contribution >= 4 is 0 Å². The first-order chi connectivity index (χ1) is 7.35. The lowest BCUT2D eigenvalue weighted by atomic mass is 10.0. The zero-order valence-corrected chi connectivity index (χ0v) is 10.4. The summed E-state index contributed by atoms with van der Waals surface area (Å²) in [6.45, 7) is 7.87. The Bertz CT molecular complexity index is 361. The first-order valence-corrected chi connectivity index (χ1v) is 5.60. The van der Waals surface area contributed by atoms with Crippen molar-refractivity contribution in [1.29, 1.82) is 0 Å². The number of ether oxygens (including phenoxy) is 1. The maximum atomic E-state index is 13.1. The van der Waals surface area contributed by atoms with Crippen LogP contribution in [0.1, 0.15) is 45.7 Å². The van der Waals surface area contributed by atoms with Gasteiger partial charge in [-0.1, -0.05) is 6.92 Å². The molecule has 0 bridgehead atoms. The summed E-state index contributed by atoms with van der Waals surface area (Å²) in [5.74, 6) is 0.386. The molecule has 1 atom stereocenters. The van der Waals surface area contributed by atoms with Crippen molar-refractivity contribution < 1.29 is 9.13 Å². The van der Waals surface area contributed by atoms with Gasteiger partial charge in [-0.25, -0.2) is 4.39 Å². The SMILES string of the molecule is CCC(C)(C)Oc1ccc(F)cc1[C@@H](C)N. The van der Waals surface area contributed by atoms with Crippen LogP contribution in [0.4, 0.5) is 4.39 Å². The van der Waals surface area contributed by atoms with Gasteiger partial charge in [0.25, 0.3) is 0 Å². The van der Waals surface area contributed by atoms with Gasteiger partial charge in [0.1, 0.15) is 17.2 Å². The standard InChI is InChI=1S/C13H20FNO/c1-5-13(3,4)16-12-7-6-10(14)8-11(12)9(2)15/h6-9H,5,15H2,1-4H3/t9-/m1/s1. The van der Waals surface area contributed by atoms with Crippen LogP contribution in [0.3, 0.4) is 0 Å². The van der Waals surface area contributed by atoms with Crippen LogP contribution in [-0.4, -0.2) is 5.60 Å². The van der Waals surface area contributed by atoms with Gasteiger partial charge in [-0.15, -0.1) is 0 Å². The van der Waals surface area contributed by atoms with Crippen molar-refractivity contribution in [3.05, 3.63) is 29.6 Å². The van der Waals surface area contributed by atoms with E-state index in [1.807, 2.05) is 20.8 Å². The molecule has 0 aliphatic rings. The number of nitrogens with two attached hydrogens (primary N) is 1. The van der Waals surface area contributed by atoms with Crippen LogP contribution in [-0.2, 0) is 0 Å². The van der Waals surface area contributed by atoms with Gasteiger partial charge in [-0.2, -0.15) is 0 Å². The van der Waals surface area contributed by atoms with E-state index in [1.54, 1.807) is 6.07 Å². The van der Waals surface area contributed by atoms with Crippen molar-refractivity contribution in [2.45, 2.75) is 45.8 Å². The molecule has 90 valence electrons. The fourth-order valence-corrected chi connectivity index (χ4v) is 1.34. The molecule has 3 heteroatoms. The second kappa shape index (κ2) is 4.83. The van der Waals surface area contributed by atoms with Crippen LogP contribution in [0.25, 0.3) is 0 Å². The summed E-state index contributed by atoms with van der Waals surface area (Å²) in [4.78, 5) is 0. The molecule has 2 nitrogen and oxygen atoms in total. The summed E-state index contributed by atoms with van der Waals surface area (Å²) in [5.41, 5.74) is 6.24. The Hall–Kier alpha value is -1.09. The van der Waals surface area contributed by atoms with Crippen molar-refractivity contribution in [2.24, 2.45) is 5.73 Å². The summed E-state index contributed by atoms with van der Waals surface area (Å²) >= 11 is 0. The molecule has 0 unspecified atom stereocenters. The molecule has 2 N–H and O–H groups in total. The van der Waals surface area contributed by atoms with Gasteiger partial charge in [0.15, 0.2) is 0 Å². The van der Waals surface area contributed by atoms with Gasteiger partial charge < -0.3 is 10.5 Å². The fourth-order valence-electron chi connectivity index (χ4n) is 1.34. The van der Waals surface area contributed by atoms with E-state index in [2.05, 4.69) is 6.92 Å². The minimum absolute atomic E-state index is 0.238. The Morgan fingerprint density at radius 3 is 2.56 bits per heavy atom. The molecule has 0 amide bonds. The van der Waals surface area contributed by atoms with E-state index in [1.165, 1.54) is 12.1 Å². The Balaban J connectivity index is 3.04. The highest BCUT2D eigenvalue weighted by molar-refractivity contribution is 5.36. The van der Waals surface area contributed by atoms with Crippen LogP contribution in [0.2, 0.25) is 0 Å². The van der Waals surface area contributed by atoms with Crippen LogP contribution in [0, 0.1) is 5.82 Å². The molecule has 0 fully saturated rings. The number of rotatable bonds is 4. The first kappa shape index (κ1) is 13.0. The number of hydrogen-bond acceptors (Lipinski definition) is 2. The summed E-state index contributed by atoms with van der Waals surface area (Å²) in [7, 11) is 0. The monoisotopic (exact) mass is 225 g/mol. The zero-order chi connectivity index (χ0) is 12.3. The fraction of sp³-hybridized carbons (Fsp3) is 0.538. The Morgan fingerprint density at radius 2 is 2.06 bits per heavy atom. The summed E-state index contributed by atoms with van der Waals surface area (Å²) in [6, 6.07) is 4.24. The Kier molecular flexibility index (Phi) is 3.92. The third-order valence-corrected chi connectivity index (χ3v) is 2.70. The molecule has 0 aliphatic heterocycles. The first-order valence-electron chi connectivity index (χ1n) is 5.60. The van der Waals surface area contributed by atoms with E-state index in [0.717, 1.165) is 6.42 Å². The van der Waals surface area contributed by atoms with Crippen molar-refractivity contribution in [3.63, 3.8) is 0 Å².